The van der Waals surface area contributed by atoms with Gasteiger partial charge in [-0.15, -0.1) is 0 Å². The van der Waals surface area contributed by atoms with Gasteiger partial charge in [-0.05, 0) is 25.8 Å². The van der Waals surface area contributed by atoms with E-state index in [9.17, 15) is 4.79 Å². The molecule has 0 amide bonds. The summed E-state index contributed by atoms with van der Waals surface area (Å²) in [5.74, 6) is -0.141. The van der Waals surface area contributed by atoms with Gasteiger partial charge in [-0.3, -0.25) is 4.79 Å². The number of hydrogen-bond acceptors (Lipinski definition) is 2. The second-order valence-electron chi connectivity index (χ2n) is 3.74. The average Bonchev–Trinajstić information content (AvgIpc) is 2.22. The maximum absolute atomic E-state index is 10.9. The number of unbranched alkanes of at least 4 members (excludes halogenated alkanes) is 1. The Labute approximate surface area is 93.0 Å². The second-order valence-corrected chi connectivity index (χ2v) is 3.74. The van der Waals surface area contributed by atoms with Crippen LogP contribution < -0.4 is 0 Å². The summed E-state index contributed by atoms with van der Waals surface area (Å²) in [5.41, 5.74) is 2.32. The van der Waals surface area contributed by atoms with Gasteiger partial charge >= 0.3 is 5.97 Å². The van der Waals surface area contributed by atoms with E-state index in [4.69, 9.17) is 4.74 Å². The average molecular weight is 210 g/mol. The molecular weight excluding hydrogens is 188 g/mol. The van der Waals surface area contributed by atoms with Crippen LogP contribution in [0.4, 0.5) is 0 Å². The summed E-state index contributed by atoms with van der Waals surface area (Å²) in [6.07, 6.45) is 6.97. The first-order valence-electron chi connectivity index (χ1n) is 5.59. The van der Waals surface area contributed by atoms with Crippen LogP contribution in [0.15, 0.2) is 23.3 Å². The van der Waals surface area contributed by atoms with E-state index in [0.717, 1.165) is 18.4 Å². The maximum Gasteiger partial charge on any atom is 0.305 e. The van der Waals surface area contributed by atoms with Crippen LogP contribution in [0, 0.1) is 0 Å². The summed E-state index contributed by atoms with van der Waals surface area (Å²) in [5, 5.41) is 0. The molecule has 0 N–H and O–H groups in total. The van der Waals surface area contributed by atoms with E-state index in [0.29, 0.717) is 13.0 Å². The molecule has 15 heavy (non-hydrogen) atoms. The fourth-order valence-electron chi connectivity index (χ4n) is 1.16. The normalized spacial score (nSPS) is 12.8. The van der Waals surface area contributed by atoms with Crippen molar-refractivity contribution < 1.29 is 9.53 Å². The van der Waals surface area contributed by atoms with Crippen LogP contribution in [0.5, 0.6) is 0 Å². The summed E-state index contributed by atoms with van der Waals surface area (Å²) in [4.78, 5) is 10.9. The predicted octanol–water partition coefficient (Wildman–Crippen LogP) is 3.63. The molecule has 0 aromatic carbocycles. The van der Waals surface area contributed by atoms with Crippen LogP contribution in [0.3, 0.4) is 0 Å². The van der Waals surface area contributed by atoms with Crippen molar-refractivity contribution in [2.75, 3.05) is 6.61 Å². The molecule has 0 aliphatic heterocycles. The van der Waals surface area contributed by atoms with Crippen LogP contribution in [0.25, 0.3) is 0 Å². The Morgan fingerprint density at radius 1 is 1.27 bits per heavy atom. The summed E-state index contributed by atoms with van der Waals surface area (Å²) >= 11 is 0. The molecule has 0 unspecified atom stereocenters. The molecule has 0 atom stereocenters. The van der Waals surface area contributed by atoms with Gasteiger partial charge in [0.15, 0.2) is 0 Å². The first kappa shape index (κ1) is 13.9. The standard InChI is InChI=1S/C13H22O2/c1-5-7-8-11(3)9-12(4)10-15-13(14)6-2/h8-9H,5-7,10H2,1-4H3/b11-8+,12-9+. The SMILES string of the molecule is CCC/C=C(C)/C=C(\C)COC(=O)CC. The van der Waals surface area contributed by atoms with Crippen LogP contribution in [-0.2, 0) is 9.53 Å². The topological polar surface area (TPSA) is 26.3 Å². The maximum atomic E-state index is 10.9. The zero-order chi connectivity index (χ0) is 11.7. The van der Waals surface area contributed by atoms with Crippen LogP contribution >= 0.6 is 0 Å². The monoisotopic (exact) mass is 210 g/mol. The lowest BCUT2D eigenvalue weighted by Crippen LogP contribution is -2.04. The van der Waals surface area contributed by atoms with Crippen molar-refractivity contribution >= 4 is 5.97 Å². The second kappa shape index (κ2) is 8.27. The molecule has 0 bridgehead atoms. The number of allylic oxidation sites excluding steroid dienone is 3. The highest BCUT2D eigenvalue weighted by atomic mass is 16.5. The summed E-state index contributed by atoms with van der Waals surface area (Å²) in [6, 6.07) is 0. The lowest BCUT2D eigenvalue weighted by atomic mass is 10.1. The van der Waals surface area contributed by atoms with Crippen molar-refractivity contribution in [3.63, 3.8) is 0 Å². The molecule has 0 rings (SSSR count). The molecule has 0 aromatic rings. The molecule has 0 heterocycles. The summed E-state index contributed by atoms with van der Waals surface area (Å²) < 4.78 is 5.02. The van der Waals surface area contributed by atoms with E-state index in [1.165, 1.54) is 5.57 Å². The first-order valence-corrected chi connectivity index (χ1v) is 5.59. The van der Waals surface area contributed by atoms with E-state index >= 15 is 0 Å². The van der Waals surface area contributed by atoms with E-state index < -0.39 is 0 Å². The van der Waals surface area contributed by atoms with Gasteiger partial charge in [-0.1, -0.05) is 38.0 Å². The predicted molar refractivity (Wildman–Crippen MR) is 63.7 cm³/mol. The van der Waals surface area contributed by atoms with E-state index in [-0.39, 0.29) is 5.97 Å². The van der Waals surface area contributed by atoms with Crippen molar-refractivity contribution in [1.82, 2.24) is 0 Å². The highest BCUT2D eigenvalue weighted by molar-refractivity contribution is 5.69. The Morgan fingerprint density at radius 3 is 2.47 bits per heavy atom. The van der Waals surface area contributed by atoms with Gasteiger partial charge in [0.05, 0.1) is 0 Å². The molecule has 0 saturated carbocycles. The Kier molecular flexibility index (Phi) is 7.69. The van der Waals surface area contributed by atoms with Gasteiger partial charge in [0, 0.05) is 6.42 Å². The van der Waals surface area contributed by atoms with E-state index in [1.54, 1.807) is 6.92 Å². The fourth-order valence-corrected chi connectivity index (χ4v) is 1.16. The van der Waals surface area contributed by atoms with Crippen molar-refractivity contribution in [2.45, 2.75) is 47.0 Å². The molecule has 0 fully saturated rings. The Hall–Kier alpha value is -1.05. The largest absolute Gasteiger partial charge is 0.461 e. The minimum absolute atomic E-state index is 0.141. The molecule has 0 aliphatic carbocycles. The van der Waals surface area contributed by atoms with Crippen LogP contribution in [0.2, 0.25) is 0 Å². The van der Waals surface area contributed by atoms with Gasteiger partial charge in [-0.25, -0.2) is 0 Å². The first-order chi connectivity index (χ1) is 7.10. The van der Waals surface area contributed by atoms with Crippen molar-refractivity contribution in [2.24, 2.45) is 0 Å². The Balaban J connectivity index is 4.02. The molecule has 0 aliphatic rings. The smallest absolute Gasteiger partial charge is 0.305 e. The lowest BCUT2D eigenvalue weighted by Gasteiger charge is -2.03. The number of carbonyl (C=O) groups excluding carboxylic acids is 1. The number of esters is 1. The van der Waals surface area contributed by atoms with E-state index in [1.807, 2.05) is 6.92 Å². The van der Waals surface area contributed by atoms with Crippen molar-refractivity contribution in [3.8, 4) is 0 Å². The van der Waals surface area contributed by atoms with Gasteiger partial charge in [0.2, 0.25) is 0 Å². The quantitative estimate of drug-likeness (QED) is 0.494. The molecule has 2 nitrogen and oxygen atoms in total. The van der Waals surface area contributed by atoms with Gasteiger partial charge in [0.1, 0.15) is 6.61 Å². The molecule has 0 saturated heterocycles. The highest BCUT2D eigenvalue weighted by Crippen LogP contribution is 2.05. The van der Waals surface area contributed by atoms with Crippen molar-refractivity contribution in [1.29, 1.82) is 0 Å². The molecule has 0 aromatic heterocycles. The van der Waals surface area contributed by atoms with Crippen LogP contribution in [-0.4, -0.2) is 12.6 Å². The fraction of sp³-hybridized carbons (Fsp3) is 0.615. The minimum atomic E-state index is -0.141. The van der Waals surface area contributed by atoms with Crippen molar-refractivity contribution in [3.05, 3.63) is 23.3 Å². The van der Waals surface area contributed by atoms with Crippen LogP contribution in [0.1, 0.15) is 47.0 Å². The summed E-state index contributed by atoms with van der Waals surface area (Å²) in [7, 11) is 0. The minimum Gasteiger partial charge on any atom is -0.461 e. The zero-order valence-corrected chi connectivity index (χ0v) is 10.3. The van der Waals surface area contributed by atoms with Gasteiger partial charge in [-0.2, -0.15) is 0 Å². The third-order valence-corrected chi connectivity index (χ3v) is 1.98. The Bertz CT molecular complexity index is 249. The molecule has 0 radical (unpaired) electrons. The molecule has 2 heteroatoms. The lowest BCUT2D eigenvalue weighted by molar-refractivity contribution is -0.142. The van der Waals surface area contributed by atoms with E-state index in [2.05, 4.69) is 26.0 Å². The number of hydrogen-bond donors (Lipinski definition) is 0. The zero-order valence-electron chi connectivity index (χ0n) is 10.3. The van der Waals surface area contributed by atoms with Gasteiger partial charge in [0.25, 0.3) is 0 Å². The third kappa shape index (κ3) is 7.98. The molecular formula is C13H22O2. The highest BCUT2D eigenvalue weighted by Gasteiger charge is 1.98. The number of carbonyl (C=O) groups is 1. The molecule has 86 valence electrons. The number of ether oxygens (including phenoxy) is 1. The Morgan fingerprint density at radius 2 is 1.93 bits per heavy atom. The molecule has 0 spiro atoms. The third-order valence-electron chi connectivity index (χ3n) is 1.98. The van der Waals surface area contributed by atoms with Gasteiger partial charge < -0.3 is 4.74 Å². The summed E-state index contributed by atoms with van der Waals surface area (Å²) in [6.45, 7) is 8.41. The number of rotatable bonds is 6.